The van der Waals surface area contributed by atoms with Crippen molar-refractivity contribution in [2.75, 3.05) is 0 Å². The van der Waals surface area contributed by atoms with Crippen LogP contribution < -0.4 is 0 Å². The summed E-state index contributed by atoms with van der Waals surface area (Å²) in [6.45, 7) is 0. The summed E-state index contributed by atoms with van der Waals surface area (Å²) in [6, 6.07) is 6.03. The molecule has 21 heavy (non-hydrogen) atoms. The topological polar surface area (TPSA) is 64.7 Å². The molecule has 0 amide bonds. The third-order valence-electron chi connectivity index (χ3n) is 2.55. The van der Waals surface area contributed by atoms with Gasteiger partial charge >= 0.3 is 0 Å². The SMILES string of the molecule is Brc1ccc(Br)c(CSc2nnc(-c3cnccn3)o2)c1. The van der Waals surface area contributed by atoms with Gasteiger partial charge in [-0.2, -0.15) is 0 Å². The van der Waals surface area contributed by atoms with Crippen molar-refractivity contribution in [3.05, 3.63) is 51.3 Å². The largest absolute Gasteiger partial charge is 0.410 e. The highest BCUT2D eigenvalue weighted by molar-refractivity contribution is 9.11. The van der Waals surface area contributed by atoms with Crippen molar-refractivity contribution < 1.29 is 4.42 Å². The second kappa shape index (κ2) is 6.67. The van der Waals surface area contributed by atoms with Crippen molar-refractivity contribution in [1.29, 1.82) is 0 Å². The smallest absolute Gasteiger partial charge is 0.277 e. The fraction of sp³-hybridized carbons (Fsp3) is 0.0769. The number of benzene rings is 1. The van der Waals surface area contributed by atoms with Gasteiger partial charge in [0.1, 0.15) is 5.69 Å². The highest BCUT2D eigenvalue weighted by Gasteiger charge is 2.11. The van der Waals surface area contributed by atoms with Crippen LogP contribution in [0.1, 0.15) is 5.56 Å². The average Bonchev–Trinajstić information content (AvgIpc) is 2.98. The van der Waals surface area contributed by atoms with E-state index in [0.717, 1.165) is 20.3 Å². The molecule has 0 spiro atoms. The van der Waals surface area contributed by atoms with E-state index in [0.29, 0.717) is 16.8 Å². The molecule has 106 valence electrons. The molecule has 0 saturated heterocycles. The number of nitrogens with zero attached hydrogens (tertiary/aromatic N) is 4. The molecule has 0 fully saturated rings. The second-order valence-corrected chi connectivity index (χ2v) is 6.68. The maximum Gasteiger partial charge on any atom is 0.277 e. The van der Waals surface area contributed by atoms with Gasteiger partial charge in [-0.3, -0.25) is 4.98 Å². The number of halogens is 2. The van der Waals surface area contributed by atoms with Crippen LogP contribution in [0.15, 0.2) is 55.4 Å². The Kier molecular flexibility index (Phi) is 4.67. The predicted molar refractivity (Wildman–Crippen MR) is 86.7 cm³/mol. The van der Waals surface area contributed by atoms with Crippen LogP contribution in [-0.2, 0) is 5.75 Å². The highest BCUT2D eigenvalue weighted by Crippen LogP contribution is 2.29. The van der Waals surface area contributed by atoms with Gasteiger partial charge in [0.25, 0.3) is 11.1 Å². The lowest BCUT2D eigenvalue weighted by Crippen LogP contribution is -1.83. The van der Waals surface area contributed by atoms with Crippen molar-refractivity contribution in [2.24, 2.45) is 0 Å². The van der Waals surface area contributed by atoms with Gasteiger partial charge in [-0.05, 0) is 23.8 Å². The maximum atomic E-state index is 5.57. The quantitative estimate of drug-likeness (QED) is 0.577. The molecule has 0 aliphatic carbocycles. The van der Waals surface area contributed by atoms with E-state index < -0.39 is 0 Å². The molecular weight excluding hydrogens is 420 g/mol. The molecule has 2 heterocycles. The molecule has 3 rings (SSSR count). The van der Waals surface area contributed by atoms with E-state index in [1.807, 2.05) is 12.1 Å². The van der Waals surface area contributed by atoms with E-state index in [9.17, 15) is 0 Å². The highest BCUT2D eigenvalue weighted by atomic mass is 79.9. The second-order valence-electron chi connectivity index (χ2n) is 3.99. The van der Waals surface area contributed by atoms with E-state index in [4.69, 9.17) is 4.42 Å². The summed E-state index contributed by atoms with van der Waals surface area (Å²) in [4.78, 5) is 8.10. The van der Waals surface area contributed by atoms with Gasteiger partial charge in [0.2, 0.25) is 0 Å². The molecular formula is C13H8Br2N4OS. The third kappa shape index (κ3) is 3.69. The monoisotopic (exact) mass is 426 g/mol. The van der Waals surface area contributed by atoms with E-state index in [1.54, 1.807) is 18.6 Å². The first-order valence-corrected chi connectivity index (χ1v) is 8.46. The maximum absolute atomic E-state index is 5.57. The Morgan fingerprint density at radius 3 is 2.86 bits per heavy atom. The Morgan fingerprint density at radius 1 is 1.14 bits per heavy atom. The number of hydrogen-bond donors (Lipinski definition) is 0. The van der Waals surface area contributed by atoms with Crippen LogP contribution in [0.3, 0.4) is 0 Å². The van der Waals surface area contributed by atoms with Crippen LogP contribution in [0.2, 0.25) is 0 Å². The van der Waals surface area contributed by atoms with Crippen molar-refractivity contribution in [2.45, 2.75) is 11.0 Å². The number of aromatic nitrogens is 4. The van der Waals surface area contributed by atoms with E-state index in [-0.39, 0.29) is 0 Å². The standard InChI is InChI=1S/C13H8Br2N4OS/c14-9-1-2-10(15)8(5-9)7-21-13-19-18-12(20-13)11-6-16-3-4-17-11/h1-6H,7H2. The Hall–Kier alpha value is -1.25. The summed E-state index contributed by atoms with van der Waals surface area (Å²) in [6.07, 6.45) is 4.78. The first-order chi connectivity index (χ1) is 10.2. The first-order valence-electron chi connectivity index (χ1n) is 5.89. The van der Waals surface area contributed by atoms with Crippen molar-refractivity contribution in [1.82, 2.24) is 20.2 Å². The number of thioether (sulfide) groups is 1. The van der Waals surface area contributed by atoms with Crippen molar-refractivity contribution in [3.63, 3.8) is 0 Å². The van der Waals surface area contributed by atoms with Crippen LogP contribution in [0.4, 0.5) is 0 Å². The van der Waals surface area contributed by atoms with E-state index >= 15 is 0 Å². The molecule has 2 aromatic heterocycles. The minimum absolute atomic E-state index is 0.374. The molecule has 0 bridgehead atoms. The normalized spacial score (nSPS) is 10.8. The third-order valence-corrected chi connectivity index (χ3v) is 4.68. The molecule has 5 nitrogen and oxygen atoms in total. The van der Waals surface area contributed by atoms with Gasteiger partial charge in [-0.15, -0.1) is 10.2 Å². The minimum Gasteiger partial charge on any atom is -0.410 e. The van der Waals surface area contributed by atoms with Crippen LogP contribution in [-0.4, -0.2) is 20.2 Å². The number of hydrogen-bond acceptors (Lipinski definition) is 6. The van der Waals surface area contributed by atoms with E-state index in [2.05, 4.69) is 58.1 Å². The summed E-state index contributed by atoms with van der Waals surface area (Å²) < 4.78 is 7.66. The average molecular weight is 428 g/mol. The summed E-state index contributed by atoms with van der Waals surface area (Å²) in [7, 11) is 0. The Labute approximate surface area is 141 Å². The van der Waals surface area contributed by atoms with Gasteiger partial charge in [-0.25, -0.2) is 4.98 Å². The molecule has 0 unspecified atom stereocenters. The van der Waals surface area contributed by atoms with Gasteiger partial charge < -0.3 is 4.42 Å². The molecule has 1 aromatic carbocycles. The Bertz CT molecular complexity index is 751. The van der Waals surface area contributed by atoms with Crippen molar-refractivity contribution >= 4 is 43.6 Å². The zero-order valence-electron chi connectivity index (χ0n) is 10.5. The van der Waals surface area contributed by atoms with Gasteiger partial charge in [-0.1, -0.05) is 43.6 Å². The molecule has 0 N–H and O–H groups in total. The van der Waals surface area contributed by atoms with Crippen LogP contribution >= 0.6 is 43.6 Å². The van der Waals surface area contributed by atoms with E-state index in [1.165, 1.54) is 11.8 Å². The molecule has 8 heteroatoms. The van der Waals surface area contributed by atoms with Crippen molar-refractivity contribution in [3.8, 4) is 11.6 Å². The lowest BCUT2D eigenvalue weighted by atomic mass is 10.2. The first kappa shape index (κ1) is 14.7. The lowest BCUT2D eigenvalue weighted by molar-refractivity contribution is 0.464. The van der Waals surface area contributed by atoms with Crippen LogP contribution in [0.5, 0.6) is 0 Å². The molecule has 0 atom stereocenters. The van der Waals surface area contributed by atoms with Gasteiger partial charge in [0, 0.05) is 27.1 Å². The zero-order chi connectivity index (χ0) is 14.7. The lowest BCUT2D eigenvalue weighted by Gasteiger charge is -2.02. The molecule has 0 saturated carbocycles. The Morgan fingerprint density at radius 2 is 2.05 bits per heavy atom. The fourth-order valence-electron chi connectivity index (χ4n) is 1.57. The zero-order valence-corrected chi connectivity index (χ0v) is 14.5. The van der Waals surface area contributed by atoms with Crippen LogP contribution in [0.25, 0.3) is 11.6 Å². The summed E-state index contributed by atoms with van der Waals surface area (Å²) in [5, 5.41) is 8.49. The fourth-order valence-corrected chi connectivity index (χ4v) is 3.31. The molecule has 0 aliphatic rings. The molecule has 0 radical (unpaired) electrons. The van der Waals surface area contributed by atoms with Crippen LogP contribution in [0, 0.1) is 0 Å². The predicted octanol–water partition coefficient (Wildman–Crippen LogP) is 4.34. The summed E-state index contributed by atoms with van der Waals surface area (Å²) in [5.74, 6) is 1.10. The number of rotatable bonds is 4. The Balaban J connectivity index is 1.72. The summed E-state index contributed by atoms with van der Waals surface area (Å²) in [5.41, 5.74) is 1.72. The van der Waals surface area contributed by atoms with Gasteiger partial charge in [0.05, 0.1) is 6.20 Å². The molecule has 3 aromatic rings. The molecule has 0 aliphatic heterocycles. The van der Waals surface area contributed by atoms with Gasteiger partial charge in [0.15, 0.2) is 0 Å². The summed E-state index contributed by atoms with van der Waals surface area (Å²) >= 11 is 8.46. The minimum atomic E-state index is 0.374.